The summed E-state index contributed by atoms with van der Waals surface area (Å²) in [5, 5.41) is 0. The van der Waals surface area contributed by atoms with Gasteiger partial charge in [0, 0.05) is 22.7 Å². The molecule has 0 bridgehead atoms. The molecule has 0 saturated carbocycles. The normalized spacial score (nSPS) is 11.6. The number of rotatable bonds is 13. The molecule has 0 radical (unpaired) electrons. The van der Waals surface area contributed by atoms with Crippen LogP contribution in [-0.2, 0) is 0 Å². The summed E-state index contributed by atoms with van der Waals surface area (Å²) < 4.78 is 19.3. The molecule has 0 amide bonds. The van der Waals surface area contributed by atoms with Crippen LogP contribution in [0.25, 0.3) is 44.9 Å². The molecule has 0 atom stereocenters. The van der Waals surface area contributed by atoms with E-state index in [2.05, 4.69) is 339 Å². The summed E-state index contributed by atoms with van der Waals surface area (Å²) in [6, 6.07) is 99.5. The van der Waals surface area contributed by atoms with Crippen molar-refractivity contribution in [3.8, 4) is 11.8 Å². The SMILES string of the molecule is C1=CCC=CC(/C(=C\c2ccccc2)c2ccccc2)=C1.C=C.Cc1ccc(N(c2ccccc2)c2ccc(C#Cc3ccc(N(c4ccccc4)c4ccc(C(=C(c5ccccc5)c5ccccc5)c5ccccc5)cc4)c4nsnc34)c3nsnc23)cc1. The van der Waals surface area contributed by atoms with Gasteiger partial charge in [0.25, 0.3) is 0 Å². The molecular weight excluding hydrogens is 1130 g/mol. The lowest BCUT2D eigenvalue weighted by Gasteiger charge is -2.26. The van der Waals surface area contributed by atoms with Gasteiger partial charge < -0.3 is 9.80 Å². The summed E-state index contributed by atoms with van der Waals surface area (Å²) in [5.41, 5.74) is 23.6. The van der Waals surface area contributed by atoms with Crippen LogP contribution in [0, 0.1) is 18.8 Å². The van der Waals surface area contributed by atoms with Crippen molar-refractivity contribution in [1.82, 2.24) is 17.5 Å². The van der Waals surface area contributed by atoms with Crippen molar-refractivity contribution >= 4 is 102 Å². The van der Waals surface area contributed by atoms with Crippen molar-refractivity contribution in [2.45, 2.75) is 13.3 Å². The number of para-hydroxylation sites is 2. The van der Waals surface area contributed by atoms with Gasteiger partial charge in [0.05, 0.1) is 46.0 Å². The third-order valence-corrected chi connectivity index (χ3v) is 16.3. The Kier molecular flexibility index (Phi) is 19.0. The molecule has 0 saturated heterocycles. The number of fused-ring (bicyclic) bond motifs is 2. The van der Waals surface area contributed by atoms with Crippen molar-refractivity contribution in [3.63, 3.8) is 0 Å². The predicted octanol–water partition coefficient (Wildman–Crippen LogP) is 21.8. The number of hydrogen-bond acceptors (Lipinski definition) is 8. The molecule has 0 aliphatic heterocycles. The van der Waals surface area contributed by atoms with Crippen LogP contribution in [0.5, 0.6) is 0 Å². The second kappa shape index (κ2) is 28.9. The number of nitrogens with zero attached hydrogens (tertiary/aromatic N) is 6. The third-order valence-electron chi connectivity index (χ3n) is 15.3. The van der Waals surface area contributed by atoms with Gasteiger partial charge in [-0.2, -0.15) is 17.5 Å². The Balaban J connectivity index is 0.000000287. The second-order valence-electron chi connectivity index (χ2n) is 21.0. The molecule has 13 aromatic rings. The Morgan fingerprint density at radius 1 is 0.389 bits per heavy atom. The minimum absolute atomic E-state index is 0.746. The van der Waals surface area contributed by atoms with Gasteiger partial charge in [-0.15, -0.1) is 13.2 Å². The van der Waals surface area contributed by atoms with Crippen molar-refractivity contribution < 1.29 is 0 Å². The van der Waals surface area contributed by atoms with Gasteiger partial charge in [-0.1, -0.05) is 260 Å². The molecule has 90 heavy (non-hydrogen) atoms. The Morgan fingerprint density at radius 2 is 0.756 bits per heavy atom. The summed E-state index contributed by atoms with van der Waals surface area (Å²) in [6.07, 6.45) is 14.2. The lowest BCUT2D eigenvalue weighted by Crippen LogP contribution is -2.11. The number of hydrogen-bond donors (Lipinski definition) is 0. The summed E-state index contributed by atoms with van der Waals surface area (Å²) in [6.45, 7) is 8.10. The molecular formula is C82H62N6S2. The van der Waals surface area contributed by atoms with E-state index in [4.69, 9.17) is 17.5 Å². The minimum Gasteiger partial charge on any atom is -0.308 e. The highest BCUT2D eigenvalue weighted by atomic mass is 32.1. The topological polar surface area (TPSA) is 58.0 Å². The Labute approximate surface area is 535 Å². The van der Waals surface area contributed by atoms with Gasteiger partial charge in [0.2, 0.25) is 0 Å². The first-order valence-electron chi connectivity index (χ1n) is 29.8. The monoisotopic (exact) mass is 1190 g/mol. The first-order valence-corrected chi connectivity index (χ1v) is 31.2. The van der Waals surface area contributed by atoms with E-state index < -0.39 is 0 Å². The molecule has 8 heteroatoms. The Bertz CT molecular complexity index is 4700. The summed E-state index contributed by atoms with van der Waals surface area (Å²) in [4.78, 5) is 4.48. The number of anilines is 6. The van der Waals surface area contributed by atoms with Crippen LogP contribution < -0.4 is 9.80 Å². The molecule has 11 aromatic carbocycles. The summed E-state index contributed by atoms with van der Waals surface area (Å²) >= 11 is 2.39. The molecule has 1 aliphatic rings. The molecule has 0 spiro atoms. The van der Waals surface area contributed by atoms with Crippen LogP contribution in [0.4, 0.5) is 34.1 Å². The van der Waals surface area contributed by atoms with Crippen molar-refractivity contribution in [1.29, 1.82) is 0 Å². The first-order chi connectivity index (χ1) is 44.6. The zero-order chi connectivity index (χ0) is 61.3. The van der Waals surface area contributed by atoms with E-state index in [9.17, 15) is 0 Å². The first kappa shape index (κ1) is 59.0. The number of benzene rings is 11. The van der Waals surface area contributed by atoms with Gasteiger partial charge in [-0.3, -0.25) is 0 Å². The van der Waals surface area contributed by atoms with Gasteiger partial charge in [-0.25, -0.2) is 0 Å². The maximum Gasteiger partial charge on any atom is 0.130 e. The van der Waals surface area contributed by atoms with E-state index >= 15 is 0 Å². The van der Waals surface area contributed by atoms with Crippen LogP contribution in [0.1, 0.15) is 56.5 Å². The highest BCUT2D eigenvalue weighted by Gasteiger charge is 2.23. The van der Waals surface area contributed by atoms with Crippen LogP contribution in [0.15, 0.2) is 334 Å². The van der Waals surface area contributed by atoms with E-state index in [0.29, 0.717) is 0 Å². The van der Waals surface area contributed by atoms with Gasteiger partial charge >= 0.3 is 0 Å². The molecule has 14 rings (SSSR count). The zero-order valence-corrected chi connectivity index (χ0v) is 51.4. The number of aromatic nitrogens is 4. The van der Waals surface area contributed by atoms with E-state index in [-0.39, 0.29) is 0 Å². The molecule has 2 aromatic heterocycles. The lowest BCUT2D eigenvalue weighted by atomic mass is 9.86. The minimum atomic E-state index is 0.746. The standard InChI is InChI=1S/C59H40N6S2.C21H18.C2H4/c1-41-27-35-50(36-28-41)64(48-23-13-5-14-24-48)52-39-33-46(56-58(52)62-66-60-56)29-30-47-34-40-53(59-57(47)61-67-63-59)65(49-25-15-6-16-26-49)51-37-31-45(32-38-51)55(44-21-11-4-12-22-44)54(42-17-7-2-8-18-42)43-19-9-3-10-20-43;1-2-8-14-19(13-7-1)21(20-15-9-4-10-16-20)17-18-11-5-3-6-12-18;1-2/h2-28,31-40H,1H3;1,3-17H,2H2;1-2H2/b;21-17+;. The highest BCUT2D eigenvalue weighted by Crippen LogP contribution is 2.43. The fourth-order valence-electron chi connectivity index (χ4n) is 11.0. The second-order valence-corrected chi connectivity index (χ2v) is 22.1. The molecule has 0 unspecified atom stereocenters. The van der Waals surface area contributed by atoms with Gasteiger partial charge in [-0.05, 0) is 148 Å². The maximum absolute atomic E-state index is 4.91. The number of allylic oxidation sites excluding steroid dienone is 7. The average Bonchev–Trinajstić information content (AvgIpc) is 1.55. The average molecular weight is 1200 g/mol. The molecule has 0 fully saturated rings. The summed E-state index contributed by atoms with van der Waals surface area (Å²) in [5.74, 6) is 6.92. The molecule has 1 aliphatic carbocycles. The highest BCUT2D eigenvalue weighted by molar-refractivity contribution is 7.00. The largest absolute Gasteiger partial charge is 0.308 e. The van der Waals surface area contributed by atoms with E-state index in [1.54, 1.807) is 0 Å². The predicted molar refractivity (Wildman–Crippen MR) is 382 cm³/mol. The van der Waals surface area contributed by atoms with E-state index in [0.717, 1.165) is 102 Å². The smallest absolute Gasteiger partial charge is 0.130 e. The maximum atomic E-state index is 4.91. The van der Waals surface area contributed by atoms with Crippen LogP contribution >= 0.6 is 23.5 Å². The van der Waals surface area contributed by atoms with Gasteiger partial charge in [0.1, 0.15) is 22.1 Å². The van der Waals surface area contributed by atoms with Crippen LogP contribution in [-0.4, -0.2) is 17.5 Å². The molecule has 6 nitrogen and oxygen atoms in total. The number of aryl methyl sites for hydroxylation is 1. The molecule has 2 heterocycles. The fourth-order valence-corrected chi connectivity index (χ4v) is 12.2. The van der Waals surface area contributed by atoms with Gasteiger partial charge in [0.15, 0.2) is 0 Å². The Hall–Kier alpha value is -11.3. The van der Waals surface area contributed by atoms with Crippen molar-refractivity contribution in [3.05, 3.63) is 384 Å². The van der Waals surface area contributed by atoms with E-state index in [1.165, 1.54) is 56.9 Å². The summed E-state index contributed by atoms with van der Waals surface area (Å²) in [7, 11) is 0. The molecule has 0 N–H and O–H groups in total. The van der Waals surface area contributed by atoms with Crippen molar-refractivity contribution in [2.75, 3.05) is 9.80 Å². The fraction of sp³-hybridized carbons (Fsp3) is 0.0244. The third kappa shape index (κ3) is 13.4. The zero-order valence-electron chi connectivity index (χ0n) is 49.7. The quantitative estimate of drug-likeness (QED) is 0.0651. The molecule has 432 valence electrons. The van der Waals surface area contributed by atoms with E-state index in [1.807, 2.05) is 24.3 Å². The van der Waals surface area contributed by atoms with Crippen LogP contribution in [0.2, 0.25) is 0 Å². The van der Waals surface area contributed by atoms with Crippen LogP contribution in [0.3, 0.4) is 0 Å². The lowest BCUT2D eigenvalue weighted by molar-refractivity contribution is 1.28. The van der Waals surface area contributed by atoms with Crippen molar-refractivity contribution in [2.24, 2.45) is 0 Å². The Morgan fingerprint density at radius 3 is 1.20 bits per heavy atom.